The highest BCUT2D eigenvalue weighted by atomic mass is 79.9. The maximum atomic E-state index is 13.0. The highest BCUT2D eigenvalue weighted by Gasteiger charge is 2.37. The molecule has 4 amide bonds. The van der Waals surface area contributed by atoms with E-state index in [0.717, 1.165) is 9.37 Å². The Hall–Kier alpha value is -3.33. The van der Waals surface area contributed by atoms with E-state index in [2.05, 4.69) is 21.2 Å². The van der Waals surface area contributed by atoms with E-state index in [1.807, 2.05) is 0 Å². The molecule has 8 nitrogen and oxygen atoms in total. The number of aromatic hydroxyl groups is 1. The second kappa shape index (κ2) is 7.96. The maximum Gasteiger partial charge on any atom is 0.335 e. The molecule has 2 N–H and O–H groups in total. The lowest BCUT2D eigenvalue weighted by molar-refractivity contribution is -0.122. The van der Waals surface area contributed by atoms with Gasteiger partial charge in [-0.25, -0.2) is 9.69 Å². The van der Waals surface area contributed by atoms with Gasteiger partial charge in [-0.15, -0.1) is 0 Å². The van der Waals surface area contributed by atoms with Crippen LogP contribution in [0.1, 0.15) is 11.1 Å². The Morgan fingerprint density at radius 1 is 1.07 bits per heavy atom. The minimum absolute atomic E-state index is 0.108. The molecule has 1 aliphatic heterocycles. The van der Waals surface area contributed by atoms with Crippen LogP contribution in [-0.2, 0) is 9.59 Å². The molecule has 3 rings (SSSR count). The lowest BCUT2D eigenvalue weighted by Crippen LogP contribution is -2.54. The van der Waals surface area contributed by atoms with Gasteiger partial charge in [0.25, 0.3) is 11.8 Å². The molecule has 0 saturated carbocycles. The van der Waals surface area contributed by atoms with Gasteiger partial charge in [0.15, 0.2) is 11.5 Å². The number of rotatable bonds is 4. The first kappa shape index (κ1) is 20.4. The van der Waals surface area contributed by atoms with Crippen LogP contribution in [0.5, 0.6) is 17.2 Å². The van der Waals surface area contributed by atoms with Gasteiger partial charge in [-0.05, 0) is 54.5 Å². The summed E-state index contributed by atoms with van der Waals surface area (Å²) in [6.45, 7) is 1.75. The van der Waals surface area contributed by atoms with E-state index in [1.54, 1.807) is 25.1 Å². The summed E-state index contributed by atoms with van der Waals surface area (Å²) < 4.78 is 11.0. The number of ether oxygens (including phenoxy) is 2. The van der Waals surface area contributed by atoms with Crippen LogP contribution in [0.2, 0.25) is 0 Å². The van der Waals surface area contributed by atoms with E-state index in [1.165, 1.54) is 32.4 Å². The van der Waals surface area contributed by atoms with Crippen molar-refractivity contribution in [3.05, 3.63) is 51.5 Å². The van der Waals surface area contributed by atoms with Crippen molar-refractivity contribution in [2.45, 2.75) is 6.92 Å². The predicted molar refractivity (Wildman–Crippen MR) is 109 cm³/mol. The van der Waals surface area contributed by atoms with E-state index >= 15 is 0 Å². The molecule has 1 heterocycles. The van der Waals surface area contributed by atoms with Gasteiger partial charge < -0.3 is 14.6 Å². The highest BCUT2D eigenvalue weighted by molar-refractivity contribution is 9.10. The molecule has 0 unspecified atom stereocenters. The summed E-state index contributed by atoms with van der Waals surface area (Å²) >= 11 is 3.34. The molecule has 1 fully saturated rings. The first-order chi connectivity index (χ1) is 13.8. The number of anilines is 1. The van der Waals surface area contributed by atoms with Crippen molar-refractivity contribution >= 4 is 45.5 Å². The summed E-state index contributed by atoms with van der Waals surface area (Å²) in [5.74, 6) is -1.58. The summed E-state index contributed by atoms with van der Waals surface area (Å²) in [6, 6.07) is 7.11. The number of carbonyl (C=O) groups excluding carboxylic acids is 3. The zero-order valence-electron chi connectivity index (χ0n) is 15.8. The van der Waals surface area contributed by atoms with Crippen molar-refractivity contribution < 1.29 is 29.0 Å². The van der Waals surface area contributed by atoms with Gasteiger partial charge in [-0.1, -0.05) is 15.9 Å². The van der Waals surface area contributed by atoms with Crippen molar-refractivity contribution in [2.24, 2.45) is 0 Å². The van der Waals surface area contributed by atoms with E-state index < -0.39 is 17.8 Å². The summed E-state index contributed by atoms with van der Waals surface area (Å²) in [6.07, 6.45) is 1.30. The molecule has 0 spiro atoms. The van der Waals surface area contributed by atoms with Crippen LogP contribution in [-0.4, -0.2) is 37.2 Å². The number of benzene rings is 2. The number of halogens is 1. The lowest BCUT2D eigenvalue weighted by Gasteiger charge is -2.27. The van der Waals surface area contributed by atoms with Gasteiger partial charge in [0.1, 0.15) is 5.57 Å². The largest absolute Gasteiger partial charge is 0.502 e. The van der Waals surface area contributed by atoms with Crippen LogP contribution in [0.15, 0.2) is 40.4 Å². The molecule has 0 aliphatic carbocycles. The van der Waals surface area contributed by atoms with Crippen LogP contribution in [0.3, 0.4) is 0 Å². The number of nitrogens with one attached hydrogen (secondary N) is 1. The monoisotopic (exact) mass is 460 g/mol. The number of phenolic OH excluding ortho intramolecular Hbond substituents is 1. The normalized spacial score (nSPS) is 15.5. The Kier molecular flexibility index (Phi) is 5.60. The summed E-state index contributed by atoms with van der Waals surface area (Å²) in [5.41, 5.74) is 1.15. The molecule has 9 heteroatoms. The quantitative estimate of drug-likeness (QED) is 0.536. The number of imide groups is 2. The summed E-state index contributed by atoms with van der Waals surface area (Å²) in [5, 5.41) is 12.2. The molecular weight excluding hydrogens is 444 g/mol. The third-order valence-electron chi connectivity index (χ3n) is 4.31. The van der Waals surface area contributed by atoms with Crippen LogP contribution >= 0.6 is 15.9 Å². The van der Waals surface area contributed by atoms with E-state index in [9.17, 15) is 19.5 Å². The van der Waals surface area contributed by atoms with Gasteiger partial charge in [-0.2, -0.15) is 0 Å². The highest BCUT2D eigenvalue weighted by Crippen LogP contribution is 2.38. The number of hydrogen-bond donors (Lipinski definition) is 2. The topological polar surface area (TPSA) is 105 Å². The second-order valence-electron chi connectivity index (χ2n) is 6.16. The fourth-order valence-electron chi connectivity index (χ4n) is 2.91. The Labute approximate surface area is 174 Å². The Bertz CT molecular complexity index is 1040. The molecule has 0 radical (unpaired) electrons. The number of hydrogen-bond acceptors (Lipinski definition) is 6. The maximum absolute atomic E-state index is 13.0. The van der Waals surface area contributed by atoms with Crippen molar-refractivity contribution in [1.29, 1.82) is 0 Å². The molecule has 29 heavy (non-hydrogen) atoms. The number of phenols is 1. The van der Waals surface area contributed by atoms with E-state index in [0.29, 0.717) is 16.8 Å². The number of methoxy groups -OCH3 is 2. The smallest absolute Gasteiger partial charge is 0.335 e. The van der Waals surface area contributed by atoms with Crippen LogP contribution < -0.4 is 19.7 Å². The van der Waals surface area contributed by atoms with Crippen molar-refractivity contribution in [1.82, 2.24) is 5.32 Å². The molecule has 2 aromatic rings. The summed E-state index contributed by atoms with van der Waals surface area (Å²) in [7, 11) is 2.72. The van der Waals surface area contributed by atoms with Crippen molar-refractivity contribution in [3.8, 4) is 17.2 Å². The predicted octanol–water partition coefficient (Wildman–Crippen LogP) is 3.15. The Morgan fingerprint density at radius 3 is 2.24 bits per heavy atom. The van der Waals surface area contributed by atoms with Crippen LogP contribution in [0, 0.1) is 6.92 Å². The number of amides is 4. The minimum Gasteiger partial charge on any atom is -0.502 e. The second-order valence-corrected chi connectivity index (χ2v) is 7.08. The fraction of sp³-hybridized carbons (Fsp3) is 0.150. The van der Waals surface area contributed by atoms with Gasteiger partial charge >= 0.3 is 6.03 Å². The van der Waals surface area contributed by atoms with Gasteiger partial charge in [0.05, 0.1) is 19.9 Å². The summed E-state index contributed by atoms with van der Waals surface area (Å²) in [4.78, 5) is 38.6. The van der Waals surface area contributed by atoms with Gasteiger partial charge in [0.2, 0.25) is 5.75 Å². The zero-order valence-corrected chi connectivity index (χ0v) is 17.4. The van der Waals surface area contributed by atoms with Crippen LogP contribution in [0.4, 0.5) is 10.5 Å². The first-order valence-corrected chi connectivity index (χ1v) is 9.18. The molecule has 2 aromatic carbocycles. The third kappa shape index (κ3) is 3.81. The number of barbiturate groups is 1. The molecule has 150 valence electrons. The van der Waals surface area contributed by atoms with Crippen molar-refractivity contribution in [2.75, 3.05) is 19.1 Å². The molecule has 1 saturated heterocycles. The SMILES string of the molecule is COc1cc(/C=C2\C(=O)NC(=O)N(c3ccc(Br)cc3C)C2=O)cc(OC)c1O. The standard InChI is InChI=1S/C20H17BrN2O6/c1-10-6-12(21)4-5-14(10)23-19(26)13(18(25)22-20(23)27)7-11-8-15(28-2)17(24)16(9-11)29-3/h4-9,24H,1-3H3,(H,22,25,27)/b13-7+. The molecule has 0 aromatic heterocycles. The number of aryl methyl sites for hydroxylation is 1. The van der Waals surface area contributed by atoms with Gasteiger partial charge in [0, 0.05) is 4.47 Å². The Morgan fingerprint density at radius 2 is 1.69 bits per heavy atom. The first-order valence-electron chi connectivity index (χ1n) is 8.39. The molecule has 0 atom stereocenters. The number of nitrogens with zero attached hydrogens (tertiary/aromatic N) is 1. The molecule has 0 bridgehead atoms. The average Bonchev–Trinajstić information content (AvgIpc) is 2.67. The van der Waals surface area contributed by atoms with Crippen LogP contribution in [0.25, 0.3) is 6.08 Å². The van der Waals surface area contributed by atoms with Crippen molar-refractivity contribution in [3.63, 3.8) is 0 Å². The number of urea groups is 1. The Balaban J connectivity index is 2.08. The number of carbonyl (C=O) groups is 3. The average molecular weight is 461 g/mol. The van der Waals surface area contributed by atoms with Gasteiger partial charge in [-0.3, -0.25) is 14.9 Å². The fourth-order valence-corrected chi connectivity index (χ4v) is 3.39. The molecular formula is C20H17BrN2O6. The van der Waals surface area contributed by atoms with E-state index in [-0.39, 0.29) is 22.8 Å². The van der Waals surface area contributed by atoms with E-state index in [4.69, 9.17) is 9.47 Å². The lowest BCUT2D eigenvalue weighted by atomic mass is 10.0. The zero-order chi connectivity index (χ0) is 21.3. The third-order valence-corrected chi connectivity index (χ3v) is 4.81. The minimum atomic E-state index is -0.830. The molecule has 1 aliphatic rings.